The standard InChI is InChI=1S/C11H16F2Si/c1-2-3-9-14(12,13)10-11-7-5-4-6-8-11/h4-8H,2-3,9-10H2,1H3. The van der Waals surface area contributed by atoms with Gasteiger partial charge >= 0.3 is 8.74 Å². The second-order valence-electron chi connectivity index (χ2n) is 3.62. The van der Waals surface area contributed by atoms with Gasteiger partial charge in [0.1, 0.15) is 0 Å². The first-order valence-electron chi connectivity index (χ1n) is 5.06. The minimum atomic E-state index is -3.97. The second-order valence-corrected chi connectivity index (χ2v) is 6.19. The van der Waals surface area contributed by atoms with Gasteiger partial charge in [0.2, 0.25) is 0 Å². The van der Waals surface area contributed by atoms with Crippen LogP contribution < -0.4 is 0 Å². The summed E-state index contributed by atoms with van der Waals surface area (Å²) in [4.78, 5) is 0. The van der Waals surface area contributed by atoms with Crippen molar-refractivity contribution < 1.29 is 8.22 Å². The summed E-state index contributed by atoms with van der Waals surface area (Å²) in [6.45, 7) is 1.95. The van der Waals surface area contributed by atoms with Crippen molar-refractivity contribution in [3.63, 3.8) is 0 Å². The molecule has 3 heteroatoms. The molecule has 0 aromatic heterocycles. The number of halogens is 2. The molecule has 1 aromatic rings. The number of benzene rings is 1. The maximum absolute atomic E-state index is 13.4. The third kappa shape index (κ3) is 4.00. The Bertz CT molecular complexity index is 259. The highest BCUT2D eigenvalue weighted by molar-refractivity contribution is 6.65. The summed E-state index contributed by atoms with van der Waals surface area (Å²) in [5, 5.41) is 0. The third-order valence-corrected chi connectivity index (χ3v) is 4.21. The molecule has 0 aliphatic heterocycles. The third-order valence-electron chi connectivity index (χ3n) is 2.20. The fraction of sp³-hybridized carbons (Fsp3) is 0.455. The molecule has 1 aromatic carbocycles. The van der Waals surface area contributed by atoms with E-state index in [4.69, 9.17) is 0 Å². The smallest absolute Gasteiger partial charge is 0.270 e. The Morgan fingerprint density at radius 3 is 2.36 bits per heavy atom. The van der Waals surface area contributed by atoms with E-state index < -0.39 is 8.74 Å². The van der Waals surface area contributed by atoms with E-state index in [1.165, 1.54) is 0 Å². The van der Waals surface area contributed by atoms with Gasteiger partial charge in [-0.2, -0.15) is 0 Å². The molecule has 0 spiro atoms. The van der Waals surface area contributed by atoms with Crippen molar-refractivity contribution in [2.45, 2.75) is 31.9 Å². The lowest BCUT2D eigenvalue weighted by molar-refractivity contribution is 0.575. The van der Waals surface area contributed by atoms with Crippen molar-refractivity contribution in [3.8, 4) is 0 Å². The Balaban J connectivity index is 2.50. The SMILES string of the molecule is CCCC[Si](F)(F)Cc1ccccc1. The van der Waals surface area contributed by atoms with Gasteiger partial charge in [-0.05, 0) is 11.6 Å². The Hall–Kier alpha value is -0.703. The summed E-state index contributed by atoms with van der Waals surface area (Å²) in [5.74, 6) is 0. The second kappa shape index (κ2) is 5.25. The maximum atomic E-state index is 13.4. The Morgan fingerprint density at radius 1 is 1.14 bits per heavy atom. The molecule has 78 valence electrons. The fourth-order valence-electron chi connectivity index (χ4n) is 1.42. The lowest BCUT2D eigenvalue weighted by Gasteiger charge is -2.11. The van der Waals surface area contributed by atoms with Gasteiger partial charge < -0.3 is 0 Å². The van der Waals surface area contributed by atoms with Crippen LogP contribution in [0.3, 0.4) is 0 Å². The first kappa shape index (κ1) is 11.4. The minimum absolute atomic E-state index is 0.00778. The molecule has 0 fully saturated rings. The molecular weight excluding hydrogens is 198 g/mol. The molecule has 0 saturated heterocycles. The molecule has 0 aliphatic rings. The minimum Gasteiger partial charge on any atom is -0.270 e. The molecule has 0 amide bonds. The molecule has 1 rings (SSSR count). The average molecular weight is 214 g/mol. The first-order chi connectivity index (χ1) is 6.64. The lowest BCUT2D eigenvalue weighted by Crippen LogP contribution is -2.25. The highest BCUT2D eigenvalue weighted by Crippen LogP contribution is 2.21. The molecule has 14 heavy (non-hydrogen) atoms. The van der Waals surface area contributed by atoms with Gasteiger partial charge in [-0.25, -0.2) is 0 Å². The average Bonchev–Trinajstić information content (AvgIpc) is 2.16. The van der Waals surface area contributed by atoms with Crippen LogP contribution in [0.1, 0.15) is 25.3 Å². The first-order valence-corrected chi connectivity index (χ1v) is 7.23. The monoisotopic (exact) mass is 214 g/mol. The topological polar surface area (TPSA) is 0 Å². The number of hydrogen-bond donors (Lipinski definition) is 0. The van der Waals surface area contributed by atoms with Crippen LogP contribution in [0.25, 0.3) is 0 Å². The molecular formula is C11H16F2Si. The molecule has 0 heterocycles. The highest BCUT2D eigenvalue weighted by atomic mass is 28.4. The Labute approximate surface area is 85.3 Å². The molecule has 0 bridgehead atoms. The number of unbranched alkanes of at least 4 members (excludes halogenated alkanes) is 1. The Kier molecular flexibility index (Phi) is 4.26. The zero-order valence-electron chi connectivity index (χ0n) is 8.47. The summed E-state index contributed by atoms with van der Waals surface area (Å²) in [7, 11) is -3.97. The maximum Gasteiger partial charge on any atom is 0.429 e. The van der Waals surface area contributed by atoms with Crippen molar-refractivity contribution in [2.24, 2.45) is 0 Å². The van der Waals surface area contributed by atoms with E-state index in [0.29, 0.717) is 6.42 Å². The van der Waals surface area contributed by atoms with Crippen molar-refractivity contribution in [1.29, 1.82) is 0 Å². The zero-order chi connectivity index (χ0) is 10.4. The predicted molar refractivity (Wildman–Crippen MR) is 57.8 cm³/mol. The molecule has 0 aliphatic carbocycles. The van der Waals surface area contributed by atoms with Crippen molar-refractivity contribution >= 4 is 8.74 Å². The quantitative estimate of drug-likeness (QED) is 0.514. The number of rotatable bonds is 5. The predicted octanol–water partition coefficient (Wildman–Crippen LogP) is 3.95. The molecule has 0 unspecified atom stereocenters. The normalized spacial score (nSPS) is 11.6. The van der Waals surface area contributed by atoms with Gasteiger partial charge in [0.25, 0.3) is 0 Å². The zero-order valence-corrected chi connectivity index (χ0v) is 9.47. The van der Waals surface area contributed by atoms with Crippen LogP contribution in [0.5, 0.6) is 0 Å². The summed E-state index contributed by atoms with van der Waals surface area (Å²) in [6.07, 6.45) is 1.52. The largest absolute Gasteiger partial charge is 0.429 e. The molecule has 0 atom stereocenters. The van der Waals surface area contributed by atoms with Crippen molar-refractivity contribution in [3.05, 3.63) is 35.9 Å². The Morgan fingerprint density at radius 2 is 1.79 bits per heavy atom. The van der Waals surface area contributed by atoms with Gasteiger partial charge in [0.05, 0.1) is 0 Å². The van der Waals surface area contributed by atoms with Crippen molar-refractivity contribution in [2.75, 3.05) is 0 Å². The van der Waals surface area contributed by atoms with Gasteiger partial charge in [0.15, 0.2) is 0 Å². The summed E-state index contributed by atoms with van der Waals surface area (Å²) >= 11 is 0. The van der Waals surface area contributed by atoms with E-state index in [-0.39, 0.29) is 12.1 Å². The van der Waals surface area contributed by atoms with E-state index in [1.807, 2.05) is 25.1 Å². The molecule has 0 saturated carbocycles. The molecule has 0 N–H and O–H groups in total. The number of hydrogen-bond acceptors (Lipinski definition) is 0. The van der Waals surface area contributed by atoms with Crippen LogP contribution in [0.15, 0.2) is 30.3 Å². The summed E-state index contributed by atoms with van der Waals surface area (Å²) in [6, 6.07) is 9.21. The van der Waals surface area contributed by atoms with E-state index in [2.05, 4.69) is 0 Å². The van der Waals surface area contributed by atoms with Crippen molar-refractivity contribution in [1.82, 2.24) is 0 Å². The van der Waals surface area contributed by atoms with E-state index in [1.54, 1.807) is 12.1 Å². The van der Waals surface area contributed by atoms with E-state index in [0.717, 1.165) is 12.0 Å². The van der Waals surface area contributed by atoms with Gasteiger partial charge in [-0.1, -0.05) is 50.1 Å². The van der Waals surface area contributed by atoms with Crippen LogP contribution in [-0.2, 0) is 6.04 Å². The highest BCUT2D eigenvalue weighted by Gasteiger charge is 2.34. The molecule has 0 radical (unpaired) electrons. The van der Waals surface area contributed by atoms with Gasteiger partial charge in [-0.3, -0.25) is 8.22 Å². The van der Waals surface area contributed by atoms with Crippen LogP contribution in [-0.4, -0.2) is 8.74 Å². The van der Waals surface area contributed by atoms with Gasteiger partial charge in [0, 0.05) is 6.04 Å². The van der Waals surface area contributed by atoms with E-state index in [9.17, 15) is 8.22 Å². The van der Waals surface area contributed by atoms with Crippen LogP contribution >= 0.6 is 0 Å². The summed E-state index contributed by atoms with van der Waals surface area (Å²) in [5.41, 5.74) is 0.778. The van der Waals surface area contributed by atoms with Crippen LogP contribution in [0.4, 0.5) is 8.22 Å². The van der Waals surface area contributed by atoms with Crippen LogP contribution in [0.2, 0.25) is 6.04 Å². The van der Waals surface area contributed by atoms with Gasteiger partial charge in [-0.15, -0.1) is 0 Å². The van der Waals surface area contributed by atoms with Crippen LogP contribution in [0, 0.1) is 0 Å². The molecule has 0 nitrogen and oxygen atoms in total. The lowest BCUT2D eigenvalue weighted by atomic mass is 10.2. The summed E-state index contributed by atoms with van der Waals surface area (Å²) < 4.78 is 26.9. The van der Waals surface area contributed by atoms with E-state index >= 15 is 0 Å². The fourth-order valence-corrected chi connectivity index (χ4v) is 3.30.